The predicted octanol–water partition coefficient (Wildman–Crippen LogP) is 3.73. The lowest BCUT2D eigenvalue weighted by Gasteiger charge is -2.29. The Morgan fingerprint density at radius 2 is 1.87 bits per heavy atom. The van der Waals surface area contributed by atoms with Crippen molar-refractivity contribution in [2.75, 3.05) is 27.2 Å². The van der Waals surface area contributed by atoms with Crippen molar-refractivity contribution in [1.82, 2.24) is 24.7 Å². The van der Waals surface area contributed by atoms with Crippen LogP contribution in [-0.4, -0.2) is 56.8 Å². The summed E-state index contributed by atoms with van der Waals surface area (Å²) in [5, 5.41) is 14.0. The Morgan fingerprint density at radius 3 is 2.52 bits per heavy atom. The maximum Gasteiger partial charge on any atom is 0.170 e. The minimum absolute atomic E-state index is 0.0235. The van der Waals surface area contributed by atoms with E-state index in [4.69, 9.17) is 12.2 Å². The Labute approximate surface area is 189 Å². The molecule has 2 atom stereocenters. The molecule has 0 spiro atoms. The fourth-order valence-corrected chi connectivity index (χ4v) is 4.71. The smallest absolute Gasteiger partial charge is 0.170 e. The number of rotatable bonds is 6. The Balaban J connectivity index is 1.80. The largest absolute Gasteiger partial charge is 0.508 e. The topological polar surface area (TPSA) is 56.6 Å². The molecule has 1 aromatic carbocycles. The van der Waals surface area contributed by atoms with E-state index >= 15 is 0 Å². The number of aromatic nitrogens is 2. The van der Waals surface area contributed by atoms with Crippen LogP contribution < -0.4 is 5.32 Å². The molecule has 6 nitrogen and oxygen atoms in total. The number of hydrogen-bond donors (Lipinski definition) is 2. The first-order valence-corrected chi connectivity index (χ1v) is 10.9. The quantitative estimate of drug-likeness (QED) is 0.576. The van der Waals surface area contributed by atoms with E-state index in [0.717, 1.165) is 41.0 Å². The monoisotopic (exact) mass is 435 g/mol. The van der Waals surface area contributed by atoms with Crippen molar-refractivity contribution in [3.63, 3.8) is 0 Å². The van der Waals surface area contributed by atoms with Gasteiger partial charge in [-0.15, -0.1) is 0 Å². The number of benzene rings is 1. The number of aromatic hydroxyl groups is 1. The predicted molar refractivity (Wildman–Crippen MR) is 128 cm³/mol. The lowest BCUT2D eigenvalue weighted by atomic mass is 9.97. The second kappa shape index (κ2) is 8.69. The lowest BCUT2D eigenvalue weighted by molar-refractivity contribution is 0.277. The number of hydrogen-bond acceptors (Lipinski definition) is 4. The van der Waals surface area contributed by atoms with Crippen LogP contribution in [0.3, 0.4) is 0 Å². The molecule has 31 heavy (non-hydrogen) atoms. The molecule has 1 saturated heterocycles. The molecule has 162 valence electrons. The van der Waals surface area contributed by atoms with Crippen LogP contribution in [0.15, 0.2) is 54.7 Å². The number of phenols is 1. The average molecular weight is 436 g/mol. The summed E-state index contributed by atoms with van der Waals surface area (Å²) in [5.74, 6) is 0.266. The summed E-state index contributed by atoms with van der Waals surface area (Å²) in [6.45, 7) is 6.00. The molecular weight excluding hydrogens is 406 g/mol. The molecule has 1 aliphatic heterocycles. The van der Waals surface area contributed by atoms with Crippen LogP contribution in [-0.2, 0) is 0 Å². The van der Waals surface area contributed by atoms with Crippen LogP contribution >= 0.6 is 12.2 Å². The molecule has 2 N–H and O–H groups in total. The third kappa shape index (κ3) is 4.16. The molecular formula is C24H29N5OS. The molecule has 0 radical (unpaired) electrons. The molecule has 1 aliphatic rings. The van der Waals surface area contributed by atoms with Crippen LogP contribution in [0.2, 0.25) is 0 Å². The van der Waals surface area contributed by atoms with E-state index in [0.29, 0.717) is 0 Å². The molecule has 4 rings (SSSR count). The van der Waals surface area contributed by atoms with E-state index in [2.05, 4.69) is 64.7 Å². The normalized spacial score (nSPS) is 18.6. The highest BCUT2D eigenvalue weighted by atomic mass is 32.1. The van der Waals surface area contributed by atoms with Gasteiger partial charge in [0.2, 0.25) is 0 Å². The van der Waals surface area contributed by atoms with Gasteiger partial charge in [-0.25, -0.2) is 0 Å². The molecule has 0 bridgehead atoms. The minimum Gasteiger partial charge on any atom is -0.508 e. The summed E-state index contributed by atoms with van der Waals surface area (Å²) in [5.41, 5.74) is 5.55. The van der Waals surface area contributed by atoms with Crippen molar-refractivity contribution >= 4 is 17.3 Å². The van der Waals surface area contributed by atoms with Crippen molar-refractivity contribution in [2.24, 2.45) is 0 Å². The van der Waals surface area contributed by atoms with Crippen LogP contribution in [0.5, 0.6) is 5.75 Å². The number of nitrogens with zero attached hydrogens (tertiary/aromatic N) is 4. The van der Waals surface area contributed by atoms with Gasteiger partial charge in [-0.2, -0.15) is 0 Å². The van der Waals surface area contributed by atoms with E-state index in [-0.39, 0.29) is 17.8 Å². The second-order valence-electron chi connectivity index (χ2n) is 8.30. The van der Waals surface area contributed by atoms with Gasteiger partial charge in [0, 0.05) is 36.4 Å². The highest BCUT2D eigenvalue weighted by Gasteiger charge is 2.41. The van der Waals surface area contributed by atoms with E-state index in [1.54, 1.807) is 12.1 Å². The van der Waals surface area contributed by atoms with Gasteiger partial charge in [0.25, 0.3) is 0 Å². The summed E-state index contributed by atoms with van der Waals surface area (Å²) in [6, 6.07) is 15.6. The van der Waals surface area contributed by atoms with E-state index in [1.807, 2.05) is 30.5 Å². The fourth-order valence-electron chi connectivity index (χ4n) is 4.38. The van der Waals surface area contributed by atoms with Gasteiger partial charge in [0.05, 0.1) is 17.8 Å². The number of pyridine rings is 1. The van der Waals surface area contributed by atoms with Crippen LogP contribution in [0.25, 0.3) is 5.69 Å². The summed E-state index contributed by atoms with van der Waals surface area (Å²) >= 11 is 5.77. The zero-order valence-electron chi connectivity index (χ0n) is 18.4. The first kappa shape index (κ1) is 21.3. The van der Waals surface area contributed by atoms with Gasteiger partial charge in [-0.1, -0.05) is 6.07 Å². The number of likely N-dealkylation sites (N-methyl/N-ethyl adjacent to an activating group) is 1. The summed E-state index contributed by atoms with van der Waals surface area (Å²) in [7, 11) is 4.16. The Kier molecular flexibility index (Phi) is 5.98. The van der Waals surface area contributed by atoms with E-state index < -0.39 is 0 Å². The molecule has 0 unspecified atom stereocenters. The standard InChI is InChI=1S/C24H29N5OS/c1-16-15-20(17(2)29(16)18-8-10-19(30)11-9-18)23-22(21-7-5-6-12-25-21)26-24(31)28(23)14-13-27(3)4/h5-12,15,22-23,30H,13-14H2,1-4H3,(H,26,31)/t22-,23+/m1/s1. The Bertz CT molecular complexity index is 1060. The Morgan fingerprint density at radius 1 is 1.13 bits per heavy atom. The van der Waals surface area contributed by atoms with Crippen LogP contribution in [0.1, 0.15) is 34.7 Å². The van der Waals surface area contributed by atoms with Gasteiger partial charge in [0.1, 0.15) is 5.75 Å². The van der Waals surface area contributed by atoms with Crippen molar-refractivity contribution in [2.45, 2.75) is 25.9 Å². The molecule has 0 aliphatic carbocycles. The molecule has 2 aromatic heterocycles. The molecule has 0 amide bonds. The maximum atomic E-state index is 9.70. The van der Waals surface area contributed by atoms with E-state index in [9.17, 15) is 5.11 Å². The number of phenolic OH excluding ortho intramolecular Hbond substituents is 1. The van der Waals surface area contributed by atoms with Crippen molar-refractivity contribution in [3.8, 4) is 11.4 Å². The van der Waals surface area contributed by atoms with Crippen molar-refractivity contribution in [1.29, 1.82) is 0 Å². The zero-order chi connectivity index (χ0) is 22.1. The van der Waals surface area contributed by atoms with Crippen LogP contribution in [0.4, 0.5) is 0 Å². The molecule has 7 heteroatoms. The van der Waals surface area contributed by atoms with Gasteiger partial charge in [-0.3, -0.25) is 4.98 Å². The average Bonchev–Trinajstić information content (AvgIpc) is 3.23. The van der Waals surface area contributed by atoms with Crippen molar-refractivity contribution < 1.29 is 5.11 Å². The van der Waals surface area contributed by atoms with Gasteiger partial charge in [-0.05, 0) is 88.2 Å². The summed E-state index contributed by atoms with van der Waals surface area (Å²) < 4.78 is 2.23. The summed E-state index contributed by atoms with van der Waals surface area (Å²) in [4.78, 5) is 9.10. The van der Waals surface area contributed by atoms with Crippen molar-refractivity contribution in [3.05, 3.63) is 77.4 Å². The summed E-state index contributed by atoms with van der Waals surface area (Å²) in [6.07, 6.45) is 1.83. The molecule has 3 aromatic rings. The maximum absolute atomic E-state index is 9.70. The first-order chi connectivity index (χ1) is 14.9. The van der Waals surface area contributed by atoms with Gasteiger partial charge in [0.15, 0.2) is 5.11 Å². The van der Waals surface area contributed by atoms with E-state index in [1.165, 1.54) is 5.56 Å². The SMILES string of the molecule is Cc1cc([C@H]2[C@@H](c3ccccn3)NC(=S)N2CCN(C)C)c(C)n1-c1ccc(O)cc1. The number of aryl methyl sites for hydroxylation is 1. The highest BCUT2D eigenvalue weighted by Crippen LogP contribution is 2.41. The fraction of sp³-hybridized carbons (Fsp3) is 0.333. The number of nitrogens with one attached hydrogen (secondary N) is 1. The zero-order valence-corrected chi connectivity index (χ0v) is 19.2. The van der Waals surface area contributed by atoms with Gasteiger partial charge >= 0.3 is 0 Å². The minimum atomic E-state index is -0.0235. The number of thiocarbonyl (C=S) groups is 1. The highest BCUT2D eigenvalue weighted by molar-refractivity contribution is 7.80. The molecule has 0 saturated carbocycles. The van der Waals surface area contributed by atoms with Crippen LogP contribution in [0, 0.1) is 13.8 Å². The third-order valence-electron chi connectivity index (χ3n) is 5.88. The molecule has 1 fully saturated rings. The lowest BCUT2D eigenvalue weighted by Crippen LogP contribution is -2.35. The first-order valence-electron chi connectivity index (χ1n) is 10.5. The molecule has 3 heterocycles. The van der Waals surface area contributed by atoms with Gasteiger partial charge < -0.3 is 24.8 Å². The third-order valence-corrected chi connectivity index (χ3v) is 6.24. The second-order valence-corrected chi connectivity index (χ2v) is 8.69. The Hall–Kier alpha value is -2.90.